The van der Waals surface area contributed by atoms with E-state index in [0.29, 0.717) is 30.8 Å². The molecule has 0 radical (unpaired) electrons. The highest BCUT2D eigenvalue weighted by Gasteiger charge is 2.22. The largest absolute Gasteiger partial charge is 0.477 e. The molecule has 0 fully saturated rings. The van der Waals surface area contributed by atoms with Crippen LogP contribution in [-0.4, -0.2) is 25.6 Å². The number of imidazole rings is 1. The summed E-state index contributed by atoms with van der Waals surface area (Å²) in [6, 6.07) is 3.40. The van der Waals surface area contributed by atoms with Crippen LogP contribution < -0.4 is 0 Å². The zero-order valence-electron chi connectivity index (χ0n) is 12.3. The van der Waals surface area contributed by atoms with Gasteiger partial charge in [0, 0.05) is 23.5 Å². The third-order valence-electron chi connectivity index (χ3n) is 3.36. The van der Waals surface area contributed by atoms with Crippen molar-refractivity contribution in [3.8, 4) is 11.4 Å². The smallest absolute Gasteiger partial charge is 0.354 e. The summed E-state index contributed by atoms with van der Waals surface area (Å²) in [5.41, 5.74) is 1.83. The number of thiophene rings is 1. The number of rotatable bonds is 4. The van der Waals surface area contributed by atoms with E-state index in [2.05, 4.69) is 9.97 Å². The summed E-state index contributed by atoms with van der Waals surface area (Å²) in [4.78, 5) is 20.1. The summed E-state index contributed by atoms with van der Waals surface area (Å²) in [6.45, 7) is 1.87. The Morgan fingerprint density at radius 2 is 2.04 bits per heavy atom. The molecule has 0 atom stereocenters. The van der Waals surface area contributed by atoms with Gasteiger partial charge < -0.3 is 9.67 Å². The van der Waals surface area contributed by atoms with Crippen molar-refractivity contribution in [2.75, 3.05) is 0 Å². The highest BCUT2D eigenvalue weighted by atomic mass is 35.5. The SMILES string of the molecule is Cc1nc(-c2cncc(Cl)c2)n(Cc2cc(Cl)sc2Cl)c1C(=O)O. The van der Waals surface area contributed by atoms with E-state index < -0.39 is 5.97 Å². The van der Waals surface area contributed by atoms with Crippen LogP contribution in [0.3, 0.4) is 0 Å². The van der Waals surface area contributed by atoms with Gasteiger partial charge in [0.25, 0.3) is 0 Å². The lowest BCUT2D eigenvalue weighted by atomic mass is 10.2. The van der Waals surface area contributed by atoms with Crippen LogP contribution in [0.2, 0.25) is 13.7 Å². The molecule has 0 bridgehead atoms. The minimum atomic E-state index is -1.07. The summed E-state index contributed by atoms with van der Waals surface area (Å²) >= 11 is 19.4. The molecule has 0 saturated heterocycles. The molecular formula is C15H10Cl3N3O2S. The zero-order valence-corrected chi connectivity index (χ0v) is 15.3. The average Bonchev–Trinajstić information content (AvgIpc) is 2.99. The third-order valence-corrected chi connectivity index (χ3v) is 5.14. The number of aryl methyl sites for hydroxylation is 1. The molecule has 0 saturated carbocycles. The van der Waals surface area contributed by atoms with Gasteiger partial charge in [-0.15, -0.1) is 11.3 Å². The van der Waals surface area contributed by atoms with Crippen LogP contribution in [0.25, 0.3) is 11.4 Å². The van der Waals surface area contributed by atoms with E-state index in [9.17, 15) is 9.90 Å². The second-order valence-corrected chi connectivity index (χ2v) is 7.72. The highest BCUT2D eigenvalue weighted by Crippen LogP contribution is 2.33. The summed E-state index contributed by atoms with van der Waals surface area (Å²) in [5, 5.41) is 9.99. The molecular weight excluding hydrogens is 393 g/mol. The monoisotopic (exact) mass is 401 g/mol. The maximum Gasteiger partial charge on any atom is 0.354 e. The molecule has 0 aromatic carbocycles. The standard InChI is InChI=1S/C15H10Cl3N3O2S/c1-7-12(15(22)23)21(6-9-3-11(17)24-13(9)18)14(20-7)8-2-10(16)5-19-4-8/h2-5H,6H2,1H3,(H,22,23). The van der Waals surface area contributed by atoms with Crippen molar-refractivity contribution in [2.24, 2.45) is 0 Å². The molecule has 3 aromatic heterocycles. The molecule has 24 heavy (non-hydrogen) atoms. The first-order chi connectivity index (χ1) is 11.4. The van der Waals surface area contributed by atoms with Gasteiger partial charge in [-0.1, -0.05) is 34.8 Å². The second-order valence-electron chi connectivity index (χ2n) is 5.00. The Morgan fingerprint density at radius 3 is 2.62 bits per heavy atom. The average molecular weight is 403 g/mol. The van der Waals surface area contributed by atoms with Gasteiger partial charge in [-0.25, -0.2) is 9.78 Å². The third kappa shape index (κ3) is 3.28. The molecule has 3 heterocycles. The maximum atomic E-state index is 11.7. The maximum absolute atomic E-state index is 11.7. The number of hydrogen-bond acceptors (Lipinski definition) is 4. The fraction of sp³-hybridized carbons (Fsp3) is 0.133. The number of halogens is 3. The number of carboxylic acids is 1. The van der Waals surface area contributed by atoms with Gasteiger partial charge in [-0.3, -0.25) is 4.98 Å². The number of pyridine rings is 1. The Morgan fingerprint density at radius 1 is 1.29 bits per heavy atom. The van der Waals surface area contributed by atoms with Crippen molar-refractivity contribution in [3.05, 3.63) is 55.2 Å². The summed E-state index contributed by atoms with van der Waals surface area (Å²) in [5.74, 6) is -0.614. The van der Waals surface area contributed by atoms with Gasteiger partial charge >= 0.3 is 5.97 Å². The van der Waals surface area contributed by atoms with Crippen LogP contribution in [-0.2, 0) is 6.54 Å². The lowest BCUT2D eigenvalue weighted by molar-refractivity contribution is 0.0685. The van der Waals surface area contributed by atoms with E-state index in [1.807, 2.05) is 0 Å². The normalized spacial score (nSPS) is 11.0. The molecule has 0 spiro atoms. The number of carbonyl (C=O) groups is 1. The first kappa shape index (κ1) is 17.2. The van der Waals surface area contributed by atoms with Gasteiger partial charge in [0.1, 0.15) is 5.82 Å². The molecule has 0 aliphatic heterocycles. The van der Waals surface area contributed by atoms with Gasteiger partial charge in [0.15, 0.2) is 5.69 Å². The van der Waals surface area contributed by atoms with Crippen molar-refractivity contribution < 1.29 is 9.90 Å². The fourth-order valence-corrected chi connectivity index (χ4v) is 4.05. The first-order valence-electron chi connectivity index (χ1n) is 6.72. The molecule has 0 amide bonds. The molecule has 3 rings (SSSR count). The van der Waals surface area contributed by atoms with Crippen molar-refractivity contribution in [1.82, 2.24) is 14.5 Å². The molecule has 1 N–H and O–H groups in total. The van der Waals surface area contributed by atoms with Gasteiger partial charge in [-0.05, 0) is 19.1 Å². The van der Waals surface area contributed by atoms with Crippen molar-refractivity contribution >= 4 is 52.1 Å². The molecule has 0 unspecified atom stereocenters. The Bertz CT molecular complexity index is 936. The van der Waals surface area contributed by atoms with Crippen molar-refractivity contribution in [2.45, 2.75) is 13.5 Å². The topological polar surface area (TPSA) is 68.0 Å². The van der Waals surface area contributed by atoms with E-state index in [4.69, 9.17) is 34.8 Å². The molecule has 3 aromatic rings. The number of aromatic carboxylic acids is 1. The number of nitrogens with zero attached hydrogens (tertiary/aromatic N) is 3. The molecule has 0 aliphatic carbocycles. The Labute approximate surface area is 156 Å². The van der Waals surface area contributed by atoms with Crippen LogP contribution in [0.5, 0.6) is 0 Å². The van der Waals surface area contributed by atoms with E-state index in [1.165, 1.54) is 17.5 Å². The minimum Gasteiger partial charge on any atom is -0.477 e. The van der Waals surface area contributed by atoms with Crippen LogP contribution in [0.4, 0.5) is 0 Å². The van der Waals surface area contributed by atoms with Crippen LogP contribution in [0.15, 0.2) is 24.5 Å². The van der Waals surface area contributed by atoms with E-state index in [0.717, 1.165) is 5.56 Å². The molecule has 5 nitrogen and oxygen atoms in total. The van der Waals surface area contributed by atoms with Crippen molar-refractivity contribution in [3.63, 3.8) is 0 Å². The second kappa shape index (κ2) is 6.72. The van der Waals surface area contributed by atoms with Gasteiger partial charge in [-0.2, -0.15) is 0 Å². The summed E-state index contributed by atoms with van der Waals surface area (Å²) < 4.78 is 2.63. The Hall–Kier alpha value is -1.60. The van der Waals surface area contributed by atoms with Crippen molar-refractivity contribution in [1.29, 1.82) is 0 Å². The zero-order chi connectivity index (χ0) is 17.4. The minimum absolute atomic E-state index is 0.0864. The predicted octanol–water partition coefficient (Wildman–Crippen LogP) is 5.02. The van der Waals surface area contributed by atoms with Crippen LogP contribution in [0, 0.1) is 6.92 Å². The predicted molar refractivity (Wildman–Crippen MR) is 95.6 cm³/mol. The quantitative estimate of drug-likeness (QED) is 0.665. The van der Waals surface area contributed by atoms with Crippen LogP contribution >= 0.6 is 46.1 Å². The lowest BCUT2D eigenvalue weighted by Gasteiger charge is -2.10. The summed E-state index contributed by atoms with van der Waals surface area (Å²) in [7, 11) is 0. The van der Waals surface area contributed by atoms with E-state index in [-0.39, 0.29) is 12.2 Å². The summed E-state index contributed by atoms with van der Waals surface area (Å²) in [6.07, 6.45) is 3.08. The van der Waals surface area contributed by atoms with Crippen LogP contribution in [0.1, 0.15) is 21.7 Å². The number of aromatic nitrogens is 3. The van der Waals surface area contributed by atoms with Gasteiger partial charge in [0.05, 0.1) is 25.9 Å². The fourth-order valence-electron chi connectivity index (χ4n) is 2.40. The molecule has 124 valence electrons. The van der Waals surface area contributed by atoms with E-state index >= 15 is 0 Å². The number of hydrogen-bond donors (Lipinski definition) is 1. The highest BCUT2D eigenvalue weighted by molar-refractivity contribution is 7.20. The molecule has 0 aliphatic rings. The first-order valence-corrected chi connectivity index (χ1v) is 8.67. The molecule has 9 heteroatoms. The lowest BCUT2D eigenvalue weighted by Crippen LogP contribution is -2.11. The Balaban J connectivity index is 2.18. The van der Waals surface area contributed by atoms with E-state index in [1.54, 1.807) is 29.8 Å². The van der Waals surface area contributed by atoms with Gasteiger partial charge in [0.2, 0.25) is 0 Å². The number of carboxylic acid groups (broad SMARTS) is 1. The Kier molecular flexibility index (Phi) is 4.83.